The molecule has 1 aliphatic rings. The van der Waals surface area contributed by atoms with E-state index in [1.807, 2.05) is 36.7 Å². The molecule has 1 fully saturated rings. The van der Waals surface area contributed by atoms with Gasteiger partial charge in [-0.1, -0.05) is 11.6 Å². The zero-order chi connectivity index (χ0) is 20.1. The quantitative estimate of drug-likeness (QED) is 0.566. The second kappa shape index (κ2) is 9.14. The minimum Gasteiger partial charge on any atom is -0.495 e. The fourth-order valence-corrected chi connectivity index (χ4v) is 3.43. The highest BCUT2D eigenvalue weighted by atomic mass is 35.5. The second-order valence-corrected chi connectivity index (χ2v) is 7.25. The van der Waals surface area contributed by atoms with Crippen molar-refractivity contribution in [1.29, 1.82) is 0 Å². The lowest BCUT2D eigenvalue weighted by molar-refractivity contribution is 0.415. The number of aryl methyl sites for hydroxylation is 1. The summed E-state index contributed by atoms with van der Waals surface area (Å²) in [5, 5.41) is 15.8. The minimum atomic E-state index is 0.280. The molecule has 152 valence electrons. The van der Waals surface area contributed by atoms with E-state index in [-0.39, 0.29) is 6.04 Å². The normalized spacial score (nSPS) is 17.1. The van der Waals surface area contributed by atoms with Crippen LogP contribution in [0.3, 0.4) is 0 Å². The Hall–Kier alpha value is -2.48. The average Bonchev–Trinajstić information content (AvgIpc) is 3.27. The summed E-state index contributed by atoms with van der Waals surface area (Å²) in [7, 11) is 3.64. The Morgan fingerprint density at radius 1 is 1.39 bits per heavy atom. The topological polar surface area (TPSA) is 79.6 Å². The summed E-state index contributed by atoms with van der Waals surface area (Å²) >= 11 is 6.19. The smallest absolute Gasteiger partial charge is 0.191 e. The van der Waals surface area contributed by atoms with E-state index in [0.29, 0.717) is 11.6 Å². The molecule has 2 N–H and O–H groups in total. The minimum absolute atomic E-state index is 0.280. The van der Waals surface area contributed by atoms with E-state index in [9.17, 15) is 0 Å². The molecule has 1 atom stereocenters. The van der Waals surface area contributed by atoms with E-state index in [0.717, 1.165) is 55.1 Å². The predicted octanol–water partition coefficient (Wildman–Crippen LogP) is 2.12. The molecule has 0 saturated carbocycles. The van der Waals surface area contributed by atoms with Crippen molar-refractivity contribution < 1.29 is 4.74 Å². The van der Waals surface area contributed by atoms with Crippen LogP contribution in [0.5, 0.6) is 5.75 Å². The van der Waals surface area contributed by atoms with Crippen molar-refractivity contribution >= 4 is 23.2 Å². The Kier molecular flexibility index (Phi) is 6.61. The molecule has 2 aromatic rings. The van der Waals surface area contributed by atoms with Crippen molar-refractivity contribution in [3.05, 3.63) is 34.9 Å². The number of hydrogen-bond acceptors (Lipinski definition) is 5. The van der Waals surface area contributed by atoms with Crippen LogP contribution in [0.15, 0.2) is 23.2 Å². The number of anilines is 1. The van der Waals surface area contributed by atoms with Gasteiger partial charge in [-0.2, -0.15) is 0 Å². The first kappa shape index (κ1) is 20.3. The van der Waals surface area contributed by atoms with Crippen LogP contribution < -0.4 is 20.3 Å². The van der Waals surface area contributed by atoms with Gasteiger partial charge in [-0.05, 0) is 38.5 Å². The van der Waals surface area contributed by atoms with Crippen LogP contribution in [0.1, 0.15) is 25.0 Å². The third-order valence-electron chi connectivity index (χ3n) is 4.92. The molecule has 2 heterocycles. The van der Waals surface area contributed by atoms with Crippen molar-refractivity contribution in [2.75, 3.05) is 31.6 Å². The standard InChI is InChI=1S/C19H28ClN7O/c1-5-21-19(22-11-18-25-24-13(2)26(18)3)23-15-8-9-27(12-15)16-10-14(20)6-7-17(16)28-4/h6-7,10,15H,5,8-9,11-12H2,1-4H3,(H2,21,22,23). The van der Waals surface area contributed by atoms with Gasteiger partial charge in [0.1, 0.15) is 18.1 Å². The Bertz CT molecular complexity index is 836. The molecule has 0 spiro atoms. The zero-order valence-corrected chi connectivity index (χ0v) is 17.6. The fourth-order valence-electron chi connectivity index (χ4n) is 3.26. The predicted molar refractivity (Wildman–Crippen MR) is 112 cm³/mol. The number of benzene rings is 1. The molecule has 1 aromatic carbocycles. The second-order valence-electron chi connectivity index (χ2n) is 6.81. The first-order valence-corrected chi connectivity index (χ1v) is 9.87. The number of methoxy groups -OCH3 is 1. The van der Waals surface area contributed by atoms with Gasteiger partial charge in [0, 0.05) is 37.7 Å². The number of nitrogens with one attached hydrogen (secondary N) is 2. The van der Waals surface area contributed by atoms with E-state index in [1.165, 1.54) is 0 Å². The van der Waals surface area contributed by atoms with E-state index in [4.69, 9.17) is 16.3 Å². The molecule has 0 bridgehead atoms. The number of rotatable bonds is 6. The molecule has 1 saturated heterocycles. The monoisotopic (exact) mass is 405 g/mol. The van der Waals surface area contributed by atoms with Crippen molar-refractivity contribution in [1.82, 2.24) is 25.4 Å². The van der Waals surface area contributed by atoms with Crippen molar-refractivity contribution in [2.45, 2.75) is 32.9 Å². The van der Waals surface area contributed by atoms with Crippen LogP contribution in [-0.4, -0.2) is 53.5 Å². The number of aromatic nitrogens is 3. The van der Waals surface area contributed by atoms with Gasteiger partial charge < -0.3 is 24.8 Å². The first-order chi connectivity index (χ1) is 13.5. The van der Waals surface area contributed by atoms with Gasteiger partial charge in [0.25, 0.3) is 0 Å². The maximum Gasteiger partial charge on any atom is 0.191 e. The highest BCUT2D eigenvalue weighted by Gasteiger charge is 2.25. The van der Waals surface area contributed by atoms with Crippen LogP contribution in [-0.2, 0) is 13.6 Å². The number of ether oxygens (including phenoxy) is 1. The number of hydrogen-bond donors (Lipinski definition) is 2. The van der Waals surface area contributed by atoms with Crippen molar-refractivity contribution in [3.8, 4) is 5.75 Å². The van der Waals surface area contributed by atoms with Crippen LogP contribution in [0, 0.1) is 6.92 Å². The number of aliphatic imine (C=N–C) groups is 1. The lowest BCUT2D eigenvalue weighted by Gasteiger charge is -2.22. The SMILES string of the molecule is CCNC(=NCc1nnc(C)n1C)NC1CCN(c2cc(Cl)ccc2OC)C1. The summed E-state index contributed by atoms with van der Waals surface area (Å²) in [5.74, 6) is 3.34. The Labute approximate surface area is 170 Å². The molecule has 8 nitrogen and oxygen atoms in total. The van der Waals surface area contributed by atoms with E-state index in [2.05, 4.69) is 37.6 Å². The van der Waals surface area contributed by atoms with Gasteiger partial charge in [0.15, 0.2) is 11.8 Å². The van der Waals surface area contributed by atoms with Gasteiger partial charge >= 0.3 is 0 Å². The molecule has 9 heteroatoms. The lowest BCUT2D eigenvalue weighted by Crippen LogP contribution is -2.44. The summed E-state index contributed by atoms with van der Waals surface area (Å²) in [6.07, 6.45) is 1.00. The summed E-state index contributed by atoms with van der Waals surface area (Å²) in [5.41, 5.74) is 1.02. The third-order valence-corrected chi connectivity index (χ3v) is 5.15. The number of halogens is 1. The van der Waals surface area contributed by atoms with E-state index in [1.54, 1.807) is 7.11 Å². The van der Waals surface area contributed by atoms with Crippen LogP contribution in [0.2, 0.25) is 5.02 Å². The molecule has 0 aliphatic carbocycles. The Morgan fingerprint density at radius 3 is 2.89 bits per heavy atom. The highest BCUT2D eigenvalue weighted by Crippen LogP contribution is 2.33. The van der Waals surface area contributed by atoms with Crippen molar-refractivity contribution in [3.63, 3.8) is 0 Å². The van der Waals surface area contributed by atoms with Gasteiger partial charge in [-0.3, -0.25) is 0 Å². The number of nitrogens with zero attached hydrogens (tertiary/aromatic N) is 5. The zero-order valence-electron chi connectivity index (χ0n) is 16.9. The number of guanidine groups is 1. The molecule has 0 radical (unpaired) electrons. The van der Waals surface area contributed by atoms with Crippen LogP contribution >= 0.6 is 11.6 Å². The van der Waals surface area contributed by atoms with Gasteiger partial charge in [-0.15, -0.1) is 10.2 Å². The Morgan fingerprint density at radius 2 is 2.21 bits per heavy atom. The van der Waals surface area contributed by atoms with Gasteiger partial charge in [0.05, 0.1) is 12.8 Å². The van der Waals surface area contributed by atoms with E-state index < -0.39 is 0 Å². The van der Waals surface area contributed by atoms with E-state index >= 15 is 0 Å². The first-order valence-electron chi connectivity index (χ1n) is 9.50. The maximum absolute atomic E-state index is 6.19. The third kappa shape index (κ3) is 4.67. The average molecular weight is 406 g/mol. The van der Waals surface area contributed by atoms with Gasteiger partial charge in [-0.25, -0.2) is 4.99 Å². The molecule has 1 unspecified atom stereocenters. The summed E-state index contributed by atoms with van der Waals surface area (Å²) in [6.45, 7) is 7.04. The summed E-state index contributed by atoms with van der Waals surface area (Å²) < 4.78 is 7.45. The van der Waals surface area contributed by atoms with Crippen molar-refractivity contribution in [2.24, 2.45) is 12.0 Å². The Balaban J connectivity index is 1.66. The molecule has 28 heavy (non-hydrogen) atoms. The summed E-state index contributed by atoms with van der Waals surface area (Å²) in [4.78, 5) is 6.96. The highest BCUT2D eigenvalue weighted by molar-refractivity contribution is 6.30. The molecule has 1 aliphatic heterocycles. The summed E-state index contributed by atoms with van der Waals surface area (Å²) in [6, 6.07) is 5.99. The van der Waals surface area contributed by atoms with Crippen LogP contribution in [0.25, 0.3) is 0 Å². The molecular formula is C19H28ClN7O. The molecule has 1 aromatic heterocycles. The largest absolute Gasteiger partial charge is 0.495 e. The molecule has 3 rings (SSSR count). The lowest BCUT2D eigenvalue weighted by atomic mass is 10.2. The molecule has 0 amide bonds. The van der Waals surface area contributed by atoms with Crippen LogP contribution in [0.4, 0.5) is 5.69 Å². The molecular weight excluding hydrogens is 378 g/mol. The fraction of sp³-hybridized carbons (Fsp3) is 0.526. The maximum atomic E-state index is 6.19. The van der Waals surface area contributed by atoms with Gasteiger partial charge in [0.2, 0.25) is 0 Å².